The number of hydrogen-bond acceptors (Lipinski definition) is 6. The summed E-state index contributed by atoms with van der Waals surface area (Å²) in [4.78, 5) is 12.2. The number of carbonyl (C=O) groups excluding carboxylic acids is 1. The average Bonchev–Trinajstić information content (AvgIpc) is 2.70. The molecule has 1 saturated heterocycles. The maximum absolute atomic E-state index is 12.2. The Kier molecular flexibility index (Phi) is 7.23. The fourth-order valence-electron chi connectivity index (χ4n) is 3.49. The van der Waals surface area contributed by atoms with E-state index in [1.165, 1.54) is 25.0 Å². The highest BCUT2D eigenvalue weighted by Gasteiger charge is 2.16. The minimum atomic E-state index is -0.534. The van der Waals surface area contributed by atoms with Gasteiger partial charge >= 0.3 is 5.97 Å². The molecule has 2 aromatic rings. The number of ether oxygens (including phenoxy) is 1. The van der Waals surface area contributed by atoms with E-state index >= 15 is 0 Å². The van der Waals surface area contributed by atoms with Crippen molar-refractivity contribution in [1.29, 1.82) is 0 Å². The third-order valence-electron chi connectivity index (χ3n) is 5.10. The number of phenolic OH excluding ortho intramolecular Hbond substituents is 2. The van der Waals surface area contributed by atoms with Gasteiger partial charge in [-0.2, -0.15) is 0 Å². The maximum Gasteiger partial charge on any atom is 0.341 e. The lowest BCUT2D eigenvalue weighted by Gasteiger charge is -2.23. The molecule has 0 aliphatic carbocycles. The number of nitrogens with one attached hydrogen (secondary N) is 2. The van der Waals surface area contributed by atoms with Crippen molar-refractivity contribution in [3.8, 4) is 11.5 Å². The summed E-state index contributed by atoms with van der Waals surface area (Å²) >= 11 is 6.00. The van der Waals surface area contributed by atoms with Crippen LogP contribution in [0.2, 0.25) is 5.02 Å². The maximum atomic E-state index is 12.2. The molecule has 2 aromatic carbocycles. The van der Waals surface area contributed by atoms with Gasteiger partial charge in [-0.25, -0.2) is 4.79 Å². The minimum absolute atomic E-state index is 0.0293. The molecule has 0 spiro atoms. The smallest absolute Gasteiger partial charge is 0.341 e. The molecule has 1 unspecified atom stereocenters. The van der Waals surface area contributed by atoms with Crippen LogP contribution in [-0.2, 0) is 11.3 Å². The van der Waals surface area contributed by atoms with Crippen LogP contribution in [0.15, 0.2) is 30.3 Å². The predicted molar refractivity (Wildman–Crippen MR) is 114 cm³/mol. The van der Waals surface area contributed by atoms with E-state index in [4.69, 9.17) is 16.3 Å². The molecule has 6 nitrogen and oxygen atoms in total. The first kappa shape index (κ1) is 21.3. The van der Waals surface area contributed by atoms with Crippen LogP contribution in [0.25, 0.3) is 0 Å². The number of carbonyl (C=O) groups is 1. The molecule has 4 N–H and O–H groups in total. The number of hydrogen-bond donors (Lipinski definition) is 4. The van der Waals surface area contributed by atoms with E-state index < -0.39 is 5.97 Å². The Morgan fingerprint density at radius 3 is 2.83 bits per heavy atom. The molecule has 1 atom stereocenters. The van der Waals surface area contributed by atoms with E-state index in [1.807, 2.05) is 13.0 Å². The molecular weight excluding hydrogens is 392 g/mol. The number of halogens is 1. The van der Waals surface area contributed by atoms with Gasteiger partial charge in [-0.1, -0.05) is 24.1 Å². The molecule has 29 heavy (non-hydrogen) atoms. The largest absolute Gasteiger partial charge is 0.507 e. The fourth-order valence-corrected chi connectivity index (χ4v) is 3.79. The zero-order valence-electron chi connectivity index (χ0n) is 16.5. The quantitative estimate of drug-likeness (QED) is 0.499. The van der Waals surface area contributed by atoms with Gasteiger partial charge in [0.25, 0.3) is 0 Å². The van der Waals surface area contributed by atoms with Crippen LogP contribution in [0.3, 0.4) is 0 Å². The van der Waals surface area contributed by atoms with Crippen molar-refractivity contribution in [3.05, 3.63) is 52.0 Å². The molecule has 1 fully saturated rings. The number of benzene rings is 2. The summed E-state index contributed by atoms with van der Waals surface area (Å²) in [6, 6.07) is 8.60. The predicted octanol–water partition coefficient (Wildman–Crippen LogP) is 4.36. The van der Waals surface area contributed by atoms with E-state index in [9.17, 15) is 15.0 Å². The van der Waals surface area contributed by atoms with Crippen molar-refractivity contribution >= 4 is 23.3 Å². The Labute approximate surface area is 175 Å². The minimum Gasteiger partial charge on any atom is -0.507 e. The molecule has 7 heteroatoms. The third-order valence-corrected chi connectivity index (χ3v) is 5.39. The molecule has 156 valence electrons. The number of rotatable bonds is 7. The Morgan fingerprint density at radius 1 is 1.28 bits per heavy atom. The first-order valence-corrected chi connectivity index (χ1v) is 10.3. The molecule has 0 radical (unpaired) electrons. The molecule has 0 aromatic heterocycles. The van der Waals surface area contributed by atoms with Crippen molar-refractivity contribution < 1.29 is 19.7 Å². The Morgan fingerprint density at radius 2 is 2.10 bits per heavy atom. The number of aryl methyl sites for hydroxylation is 1. The standard InChI is InChI=1S/C22H27ClN2O4/c1-14-10-15(21(27)19(23)11-14)13-25-17-5-6-18(20(26)12-17)22(28)29-9-7-16-4-2-3-8-24-16/h5-6,10-12,16,24-27H,2-4,7-9,13H2,1H3. The zero-order valence-corrected chi connectivity index (χ0v) is 17.3. The van der Waals surface area contributed by atoms with E-state index in [-0.39, 0.29) is 17.1 Å². The second-order valence-corrected chi connectivity index (χ2v) is 7.82. The van der Waals surface area contributed by atoms with Gasteiger partial charge in [0.05, 0.1) is 11.6 Å². The first-order chi connectivity index (χ1) is 13.9. The van der Waals surface area contributed by atoms with E-state index in [0.29, 0.717) is 35.5 Å². The average molecular weight is 419 g/mol. The van der Waals surface area contributed by atoms with Crippen molar-refractivity contribution in [2.75, 3.05) is 18.5 Å². The molecule has 0 saturated carbocycles. The molecular formula is C22H27ClN2O4. The van der Waals surface area contributed by atoms with Crippen molar-refractivity contribution in [2.45, 2.75) is 45.2 Å². The second kappa shape index (κ2) is 9.85. The lowest BCUT2D eigenvalue weighted by Crippen LogP contribution is -2.35. The number of esters is 1. The van der Waals surface area contributed by atoms with E-state index in [2.05, 4.69) is 10.6 Å². The molecule has 0 amide bonds. The molecule has 1 aliphatic heterocycles. The van der Waals surface area contributed by atoms with Crippen LogP contribution in [0.1, 0.15) is 47.2 Å². The molecule has 1 heterocycles. The van der Waals surface area contributed by atoms with Gasteiger partial charge in [0.1, 0.15) is 17.1 Å². The number of piperidine rings is 1. The number of phenols is 2. The second-order valence-electron chi connectivity index (χ2n) is 7.41. The lowest BCUT2D eigenvalue weighted by molar-refractivity contribution is 0.0482. The van der Waals surface area contributed by atoms with Crippen LogP contribution in [0.5, 0.6) is 11.5 Å². The fraction of sp³-hybridized carbons (Fsp3) is 0.409. The first-order valence-electron chi connectivity index (χ1n) is 9.89. The lowest BCUT2D eigenvalue weighted by atomic mass is 10.0. The zero-order chi connectivity index (χ0) is 20.8. The summed E-state index contributed by atoms with van der Waals surface area (Å²) in [6.45, 7) is 3.56. The molecule has 0 bridgehead atoms. The summed E-state index contributed by atoms with van der Waals surface area (Å²) in [5.74, 6) is -0.656. The molecule has 1 aliphatic rings. The van der Waals surface area contributed by atoms with Crippen molar-refractivity contribution in [3.63, 3.8) is 0 Å². The van der Waals surface area contributed by atoms with Crippen LogP contribution in [0.4, 0.5) is 5.69 Å². The normalized spacial score (nSPS) is 16.4. The summed E-state index contributed by atoms with van der Waals surface area (Å²) in [6.07, 6.45) is 4.27. The molecule has 3 rings (SSSR count). The van der Waals surface area contributed by atoms with Gasteiger partial charge < -0.3 is 25.6 Å². The van der Waals surface area contributed by atoms with E-state index in [1.54, 1.807) is 12.1 Å². The van der Waals surface area contributed by atoms with Gasteiger partial charge in [-0.15, -0.1) is 0 Å². The summed E-state index contributed by atoms with van der Waals surface area (Å²) in [7, 11) is 0. The van der Waals surface area contributed by atoms with Gasteiger partial charge in [0.2, 0.25) is 0 Å². The Bertz CT molecular complexity index is 866. The summed E-state index contributed by atoms with van der Waals surface area (Å²) in [5, 5.41) is 27.1. The van der Waals surface area contributed by atoms with Crippen LogP contribution in [-0.4, -0.2) is 35.4 Å². The Balaban J connectivity index is 1.54. The monoisotopic (exact) mass is 418 g/mol. The third kappa shape index (κ3) is 5.78. The van der Waals surface area contributed by atoms with Crippen LogP contribution < -0.4 is 10.6 Å². The summed E-state index contributed by atoms with van der Waals surface area (Å²) < 4.78 is 5.32. The number of aromatic hydroxyl groups is 2. The highest BCUT2D eigenvalue weighted by molar-refractivity contribution is 6.32. The topological polar surface area (TPSA) is 90.8 Å². The van der Waals surface area contributed by atoms with Crippen LogP contribution in [0, 0.1) is 6.92 Å². The van der Waals surface area contributed by atoms with Crippen LogP contribution >= 0.6 is 11.6 Å². The van der Waals surface area contributed by atoms with Gasteiger partial charge in [0, 0.05) is 29.9 Å². The Hall–Kier alpha value is -2.44. The summed E-state index contributed by atoms with van der Waals surface area (Å²) in [5.41, 5.74) is 2.33. The van der Waals surface area contributed by atoms with Crippen molar-refractivity contribution in [1.82, 2.24) is 5.32 Å². The van der Waals surface area contributed by atoms with Crippen molar-refractivity contribution in [2.24, 2.45) is 0 Å². The highest BCUT2D eigenvalue weighted by Crippen LogP contribution is 2.30. The highest BCUT2D eigenvalue weighted by atomic mass is 35.5. The van der Waals surface area contributed by atoms with Gasteiger partial charge in [-0.05, 0) is 56.5 Å². The SMILES string of the molecule is Cc1cc(Cl)c(O)c(CNc2ccc(C(=O)OCCC3CCCCN3)c(O)c2)c1. The number of anilines is 1. The van der Waals surface area contributed by atoms with Gasteiger partial charge in [0.15, 0.2) is 0 Å². The van der Waals surface area contributed by atoms with E-state index in [0.717, 1.165) is 24.9 Å². The van der Waals surface area contributed by atoms with Gasteiger partial charge in [-0.3, -0.25) is 0 Å².